The second kappa shape index (κ2) is 9.57. The summed E-state index contributed by atoms with van der Waals surface area (Å²) in [6.45, 7) is 2.85. The summed E-state index contributed by atoms with van der Waals surface area (Å²) >= 11 is 0. The summed E-state index contributed by atoms with van der Waals surface area (Å²) in [4.78, 5) is 14.6. The molecule has 1 amide bonds. The molecule has 2 aromatic carbocycles. The molecule has 0 atom stereocenters. The fraction of sp³-hybridized carbons (Fsp3) is 0.409. The number of amides is 1. The number of sulfonamides is 1. The number of likely N-dealkylation sites (N-methyl/N-ethyl adjacent to an activating group) is 1. The molecule has 6 nitrogen and oxygen atoms in total. The smallest absolute Gasteiger partial charge is 0.261 e. The molecule has 162 valence electrons. The maximum atomic E-state index is 13.7. The third kappa shape index (κ3) is 5.58. The maximum absolute atomic E-state index is 13.7. The van der Waals surface area contributed by atoms with Gasteiger partial charge in [0.15, 0.2) is 0 Å². The standard InChI is InChI=1S/C22H28FN3O3S/c1-16-10-11-20(15-21(16)23)30(28,29)25-18-7-5-6-17(14-18)22(27)24-12-13-26(2)19-8-3-4-9-19/h5-7,10-11,14-15,19,25H,3-4,8-9,12-13H2,1-2H3,(H,24,27). The van der Waals surface area contributed by atoms with Crippen molar-refractivity contribution in [3.05, 3.63) is 59.4 Å². The monoisotopic (exact) mass is 433 g/mol. The van der Waals surface area contributed by atoms with E-state index in [1.165, 1.54) is 43.9 Å². The number of anilines is 1. The van der Waals surface area contributed by atoms with Gasteiger partial charge in [0.1, 0.15) is 5.82 Å². The van der Waals surface area contributed by atoms with E-state index >= 15 is 0 Å². The number of carbonyl (C=O) groups excluding carboxylic acids is 1. The molecule has 2 N–H and O–H groups in total. The molecule has 0 aromatic heterocycles. The zero-order valence-corrected chi connectivity index (χ0v) is 18.1. The van der Waals surface area contributed by atoms with Crippen molar-refractivity contribution < 1.29 is 17.6 Å². The van der Waals surface area contributed by atoms with Gasteiger partial charge in [-0.25, -0.2) is 12.8 Å². The topological polar surface area (TPSA) is 78.5 Å². The molecule has 1 aliphatic rings. The Labute approximate surface area is 177 Å². The quantitative estimate of drug-likeness (QED) is 0.668. The van der Waals surface area contributed by atoms with E-state index < -0.39 is 15.8 Å². The predicted octanol–water partition coefficient (Wildman–Crippen LogP) is 3.54. The molecule has 3 rings (SSSR count). The highest BCUT2D eigenvalue weighted by molar-refractivity contribution is 7.92. The van der Waals surface area contributed by atoms with Crippen molar-refractivity contribution in [2.45, 2.75) is 43.5 Å². The number of nitrogens with zero attached hydrogens (tertiary/aromatic N) is 1. The fourth-order valence-electron chi connectivity index (χ4n) is 3.65. The molecule has 30 heavy (non-hydrogen) atoms. The predicted molar refractivity (Wildman–Crippen MR) is 116 cm³/mol. The molecular weight excluding hydrogens is 405 g/mol. The number of nitrogens with one attached hydrogen (secondary N) is 2. The molecule has 1 aliphatic carbocycles. The Morgan fingerprint density at radius 1 is 1.17 bits per heavy atom. The molecule has 0 heterocycles. The van der Waals surface area contributed by atoms with Crippen LogP contribution in [-0.2, 0) is 10.0 Å². The number of benzene rings is 2. The van der Waals surface area contributed by atoms with Gasteiger partial charge in [-0.3, -0.25) is 9.52 Å². The van der Waals surface area contributed by atoms with Crippen LogP contribution in [0.2, 0.25) is 0 Å². The Morgan fingerprint density at radius 2 is 1.90 bits per heavy atom. The van der Waals surface area contributed by atoms with Crippen molar-refractivity contribution in [3.63, 3.8) is 0 Å². The Hall–Kier alpha value is -2.45. The first-order valence-corrected chi connectivity index (χ1v) is 11.6. The average molecular weight is 434 g/mol. The zero-order valence-electron chi connectivity index (χ0n) is 17.3. The van der Waals surface area contributed by atoms with Gasteiger partial charge >= 0.3 is 0 Å². The van der Waals surface area contributed by atoms with Crippen molar-refractivity contribution >= 4 is 21.6 Å². The minimum Gasteiger partial charge on any atom is -0.351 e. The first-order chi connectivity index (χ1) is 14.3. The highest BCUT2D eigenvalue weighted by Gasteiger charge is 2.19. The van der Waals surface area contributed by atoms with Gasteiger partial charge in [0, 0.05) is 30.4 Å². The van der Waals surface area contributed by atoms with Gasteiger partial charge in [0.25, 0.3) is 15.9 Å². The van der Waals surface area contributed by atoms with Gasteiger partial charge in [0.05, 0.1) is 4.90 Å². The molecule has 0 spiro atoms. The number of hydrogen-bond acceptors (Lipinski definition) is 4. The summed E-state index contributed by atoms with van der Waals surface area (Å²) in [5.74, 6) is -0.856. The molecule has 1 fully saturated rings. The van der Waals surface area contributed by atoms with Gasteiger partial charge in [-0.15, -0.1) is 0 Å². The SMILES string of the molecule is Cc1ccc(S(=O)(=O)Nc2cccc(C(=O)NCCN(C)C3CCCC3)c2)cc1F. The van der Waals surface area contributed by atoms with Gasteiger partial charge in [-0.2, -0.15) is 0 Å². The molecule has 0 unspecified atom stereocenters. The van der Waals surface area contributed by atoms with E-state index in [1.54, 1.807) is 25.1 Å². The number of aryl methyl sites for hydroxylation is 1. The Balaban J connectivity index is 1.60. The van der Waals surface area contributed by atoms with Gasteiger partial charge < -0.3 is 10.2 Å². The third-order valence-corrected chi connectivity index (χ3v) is 6.91. The number of carbonyl (C=O) groups is 1. The molecule has 0 radical (unpaired) electrons. The van der Waals surface area contributed by atoms with E-state index in [0.717, 1.165) is 12.6 Å². The second-order valence-electron chi connectivity index (χ2n) is 7.77. The van der Waals surface area contributed by atoms with E-state index in [9.17, 15) is 17.6 Å². The van der Waals surface area contributed by atoms with Crippen LogP contribution in [0.15, 0.2) is 47.4 Å². The van der Waals surface area contributed by atoms with Crippen LogP contribution < -0.4 is 10.0 Å². The minimum absolute atomic E-state index is 0.171. The average Bonchev–Trinajstić information content (AvgIpc) is 3.24. The van der Waals surface area contributed by atoms with Crippen molar-refractivity contribution in [2.75, 3.05) is 24.9 Å². The summed E-state index contributed by atoms with van der Waals surface area (Å²) in [7, 11) is -1.89. The van der Waals surface area contributed by atoms with Crippen molar-refractivity contribution in [2.24, 2.45) is 0 Å². The molecular formula is C22H28FN3O3S. The molecule has 0 saturated heterocycles. The van der Waals surface area contributed by atoms with Gasteiger partial charge in [0.2, 0.25) is 0 Å². The molecule has 0 bridgehead atoms. The Kier molecular flexibility index (Phi) is 7.10. The third-order valence-electron chi connectivity index (χ3n) is 5.53. The van der Waals surface area contributed by atoms with E-state index in [0.29, 0.717) is 23.7 Å². The van der Waals surface area contributed by atoms with Crippen LogP contribution in [0.3, 0.4) is 0 Å². The molecule has 8 heteroatoms. The lowest BCUT2D eigenvalue weighted by Gasteiger charge is -2.23. The molecule has 1 saturated carbocycles. The second-order valence-corrected chi connectivity index (χ2v) is 9.45. The highest BCUT2D eigenvalue weighted by Crippen LogP contribution is 2.22. The van der Waals surface area contributed by atoms with Crippen molar-refractivity contribution in [1.82, 2.24) is 10.2 Å². The van der Waals surface area contributed by atoms with Gasteiger partial charge in [-0.05, 0) is 62.7 Å². The van der Waals surface area contributed by atoms with Crippen LogP contribution in [0.25, 0.3) is 0 Å². The van der Waals surface area contributed by atoms with E-state index in [1.807, 2.05) is 0 Å². The Morgan fingerprint density at radius 3 is 2.60 bits per heavy atom. The molecule has 0 aliphatic heterocycles. The normalized spacial score (nSPS) is 14.8. The lowest BCUT2D eigenvalue weighted by atomic mass is 10.2. The Bertz CT molecular complexity index is 1000. The lowest BCUT2D eigenvalue weighted by Crippen LogP contribution is -2.37. The summed E-state index contributed by atoms with van der Waals surface area (Å²) in [6.07, 6.45) is 4.94. The highest BCUT2D eigenvalue weighted by atomic mass is 32.2. The van der Waals surface area contributed by atoms with E-state index in [4.69, 9.17) is 0 Å². The first kappa shape index (κ1) is 22.2. The largest absolute Gasteiger partial charge is 0.351 e. The lowest BCUT2D eigenvalue weighted by molar-refractivity contribution is 0.0947. The summed E-state index contributed by atoms with van der Waals surface area (Å²) in [6, 6.07) is 10.6. The van der Waals surface area contributed by atoms with Crippen LogP contribution >= 0.6 is 0 Å². The molecule has 2 aromatic rings. The minimum atomic E-state index is -3.96. The van der Waals surface area contributed by atoms with Crippen LogP contribution in [0.4, 0.5) is 10.1 Å². The van der Waals surface area contributed by atoms with E-state index in [-0.39, 0.29) is 16.5 Å². The van der Waals surface area contributed by atoms with Crippen LogP contribution in [0.1, 0.15) is 41.6 Å². The van der Waals surface area contributed by atoms with Crippen molar-refractivity contribution in [1.29, 1.82) is 0 Å². The van der Waals surface area contributed by atoms with Crippen LogP contribution in [0.5, 0.6) is 0 Å². The van der Waals surface area contributed by atoms with Crippen LogP contribution in [0, 0.1) is 12.7 Å². The number of halogens is 1. The fourth-order valence-corrected chi connectivity index (χ4v) is 4.72. The van der Waals surface area contributed by atoms with Gasteiger partial charge in [-0.1, -0.05) is 25.0 Å². The van der Waals surface area contributed by atoms with Crippen LogP contribution in [-0.4, -0.2) is 45.4 Å². The summed E-state index contributed by atoms with van der Waals surface area (Å²) in [5.41, 5.74) is 0.965. The van der Waals surface area contributed by atoms with Crippen molar-refractivity contribution in [3.8, 4) is 0 Å². The zero-order chi connectivity index (χ0) is 21.7. The summed E-state index contributed by atoms with van der Waals surface area (Å²) < 4.78 is 41.2. The number of rotatable bonds is 8. The van der Waals surface area contributed by atoms with E-state index in [2.05, 4.69) is 22.0 Å². The first-order valence-electron chi connectivity index (χ1n) is 10.1. The number of hydrogen-bond donors (Lipinski definition) is 2. The summed E-state index contributed by atoms with van der Waals surface area (Å²) in [5, 5.41) is 2.88. The maximum Gasteiger partial charge on any atom is 0.261 e.